The molecule has 1 unspecified atom stereocenters. The van der Waals surface area contributed by atoms with Crippen molar-refractivity contribution in [2.24, 2.45) is 0 Å². The lowest BCUT2D eigenvalue weighted by atomic mass is 10.0. The van der Waals surface area contributed by atoms with Crippen LogP contribution < -0.4 is 0 Å². The number of carbonyl (C=O) groups excluding carboxylic acids is 2. The molecule has 0 aliphatic heterocycles. The molecule has 0 aromatic heterocycles. The lowest BCUT2D eigenvalue weighted by Gasteiger charge is -2.20. The highest BCUT2D eigenvalue weighted by Crippen LogP contribution is 2.43. The summed E-state index contributed by atoms with van der Waals surface area (Å²) >= 11 is 0. The van der Waals surface area contributed by atoms with E-state index in [2.05, 4.69) is 60.9 Å². The van der Waals surface area contributed by atoms with Gasteiger partial charge in [0, 0.05) is 12.8 Å². The summed E-state index contributed by atoms with van der Waals surface area (Å²) in [6.45, 7) is 2.31. The van der Waals surface area contributed by atoms with E-state index >= 15 is 0 Å². The minimum Gasteiger partial charge on any atom is -0.462 e. The molecule has 0 fully saturated rings. The molecule has 3 atom stereocenters. The number of hydrogen-bond donors (Lipinski definition) is 3. The van der Waals surface area contributed by atoms with Crippen molar-refractivity contribution in [3.05, 3.63) is 48.6 Å². The highest BCUT2D eigenvalue weighted by molar-refractivity contribution is 7.47. The summed E-state index contributed by atoms with van der Waals surface area (Å²) in [7, 11) is -4.63. The molecule has 0 aromatic carbocycles. The van der Waals surface area contributed by atoms with Crippen LogP contribution in [0.15, 0.2) is 48.6 Å². The minimum absolute atomic E-state index is 0.166. The number of phosphoric ester groups is 1. The van der Waals surface area contributed by atoms with Crippen LogP contribution in [0.25, 0.3) is 0 Å². The van der Waals surface area contributed by atoms with Gasteiger partial charge in [-0.25, -0.2) is 4.57 Å². The van der Waals surface area contributed by atoms with Crippen molar-refractivity contribution in [1.29, 1.82) is 0 Å². The average molecular weight is 827 g/mol. The van der Waals surface area contributed by atoms with Crippen LogP contribution in [0, 0.1) is 0 Å². The van der Waals surface area contributed by atoms with Crippen LogP contribution >= 0.6 is 7.82 Å². The molecular weight excluding hydrogens is 743 g/mol. The molecule has 11 heteroatoms. The van der Waals surface area contributed by atoms with Gasteiger partial charge >= 0.3 is 19.8 Å². The summed E-state index contributed by atoms with van der Waals surface area (Å²) in [6.07, 6.45) is 45.1. The van der Waals surface area contributed by atoms with Crippen LogP contribution in [0.3, 0.4) is 0 Å². The summed E-state index contributed by atoms with van der Waals surface area (Å²) in [5.74, 6) is -0.986. The van der Waals surface area contributed by atoms with Crippen molar-refractivity contribution in [1.82, 2.24) is 0 Å². The molecule has 0 bridgehead atoms. The zero-order valence-corrected chi connectivity index (χ0v) is 36.9. The van der Waals surface area contributed by atoms with Crippen LogP contribution in [-0.4, -0.2) is 65.7 Å². The zero-order valence-electron chi connectivity index (χ0n) is 36.0. The van der Waals surface area contributed by atoms with Gasteiger partial charge in [-0.3, -0.25) is 18.6 Å². The number of unbranched alkanes of at least 4 members (excludes halogenated alkanes) is 20. The predicted molar refractivity (Wildman–Crippen MR) is 233 cm³/mol. The van der Waals surface area contributed by atoms with Crippen LogP contribution in [0.5, 0.6) is 0 Å². The van der Waals surface area contributed by atoms with Gasteiger partial charge < -0.3 is 24.6 Å². The van der Waals surface area contributed by atoms with Crippen LogP contribution in [0.4, 0.5) is 0 Å². The number of ether oxygens (including phenoxy) is 2. The van der Waals surface area contributed by atoms with E-state index in [-0.39, 0.29) is 19.4 Å². The van der Waals surface area contributed by atoms with Crippen LogP contribution in [0.1, 0.15) is 194 Å². The number of rotatable bonds is 42. The van der Waals surface area contributed by atoms with Gasteiger partial charge in [-0.1, -0.05) is 178 Å². The molecule has 57 heavy (non-hydrogen) atoms. The molecular formula is C46H83O10P. The Hall–Kier alpha value is -2.07. The maximum atomic E-state index is 12.6. The fraction of sp³-hybridized carbons (Fsp3) is 0.783. The summed E-state index contributed by atoms with van der Waals surface area (Å²) in [5, 5.41) is 18.3. The van der Waals surface area contributed by atoms with Gasteiger partial charge in [-0.15, -0.1) is 0 Å². The largest absolute Gasteiger partial charge is 0.472 e. The predicted octanol–water partition coefficient (Wildman–Crippen LogP) is 12.1. The molecule has 0 saturated carbocycles. The molecule has 3 N–H and O–H groups in total. The first-order valence-corrected chi connectivity index (χ1v) is 24.1. The second kappa shape index (κ2) is 42.1. The third-order valence-electron chi connectivity index (χ3n) is 9.49. The lowest BCUT2D eigenvalue weighted by Crippen LogP contribution is -2.29. The molecule has 0 heterocycles. The molecule has 0 saturated heterocycles. The lowest BCUT2D eigenvalue weighted by molar-refractivity contribution is -0.161. The first-order valence-electron chi connectivity index (χ1n) is 22.6. The Balaban J connectivity index is 4.35. The Morgan fingerprint density at radius 3 is 1.42 bits per heavy atom. The molecule has 0 aliphatic carbocycles. The van der Waals surface area contributed by atoms with Crippen molar-refractivity contribution in [2.75, 3.05) is 26.4 Å². The highest BCUT2D eigenvalue weighted by Gasteiger charge is 2.27. The molecule has 332 valence electrons. The normalized spacial score (nSPS) is 14.3. The number of carbonyl (C=O) groups is 2. The molecule has 0 aromatic rings. The first kappa shape index (κ1) is 54.9. The van der Waals surface area contributed by atoms with Gasteiger partial charge in [0.1, 0.15) is 12.7 Å². The van der Waals surface area contributed by atoms with E-state index in [1.54, 1.807) is 0 Å². The monoisotopic (exact) mass is 827 g/mol. The molecule has 0 spiro atoms. The van der Waals surface area contributed by atoms with Gasteiger partial charge in [0.05, 0.1) is 19.8 Å². The van der Waals surface area contributed by atoms with Crippen molar-refractivity contribution in [3.8, 4) is 0 Å². The minimum atomic E-state index is -4.63. The molecule has 0 rings (SSSR count). The van der Waals surface area contributed by atoms with Gasteiger partial charge in [-0.2, -0.15) is 0 Å². The summed E-state index contributed by atoms with van der Waals surface area (Å²) in [6, 6.07) is 0. The van der Waals surface area contributed by atoms with Crippen LogP contribution in [-0.2, 0) is 32.7 Å². The van der Waals surface area contributed by atoms with E-state index in [1.807, 2.05) is 6.08 Å². The zero-order chi connectivity index (χ0) is 41.9. The number of allylic oxidation sites excluding steroid dienone is 8. The van der Waals surface area contributed by atoms with Gasteiger partial charge in [0.2, 0.25) is 0 Å². The third kappa shape index (κ3) is 41.9. The smallest absolute Gasteiger partial charge is 0.462 e. The fourth-order valence-corrected chi connectivity index (χ4v) is 6.78. The van der Waals surface area contributed by atoms with E-state index in [1.165, 1.54) is 103 Å². The quantitative estimate of drug-likeness (QED) is 0.0235. The Bertz CT molecular complexity index is 1090. The second-order valence-electron chi connectivity index (χ2n) is 15.1. The fourth-order valence-electron chi connectivity index (χ4n) is 5.99. The first-order chi connectivity index (χ1) is 27.7. The SMILES string of the molecule is CCCCC/C=C\C/C=C\C/C=C\C/C=C\CCCC(=O)OC[C@H](COP(=O)(O)OC[C@@H](O)CO)OC(=O)CCCCCCCCCCCCCCCCCCC. The van der Waals surface area contributed by atoms with E-state index < -0.39 is 51.8 Å². The molecule has 0 radical (unpaired) electrons. The van der Waals surface area contributed by atoms with Crippen LogP contribution in [0.2, 0.25) is 0 Å². The van der Waals surface area contributed by atoms with Crippen molar-refractivity contribution in [3.63, 3.8) is 0 Å². The maximum absolute atomic E-state index is 12.6. The van der Waals surface area contributed by atoms with E-state index in [4.69, 9.17) is 19.1 Å². The standard InChI is InChI=1S/C46H83O10P/c1-3-5-7-9-11-13-15-17-19-21-23-25-27-29-31-33-35-37-45(49)53-41-44(42-55-57(51,52)54-40-43(48)39-47)56-46(50)38-36-34-32-30-28-26-24-22-20-18-16-14-12-10-8-6-4-2/h11,13,17,19,23,25,29,31,43-44,47-48H,3-10,12,14-16,18,20-22,24,26-28,30,32-42H2,1-2H3,(H,51,52)/b13-11-,19-17-,25-23-,31-29-/t43-,44+/m0/s1. The number of aliphatic hydroxyl groups excluding tert-OH is 2. The number of aliphatic hydroxyl groups is 2. The molecule has 0 amide bonds. The third-order valence-corrected chi connectivity index (χ3v) is 10.4. The summed E-state index contributed by atoms with van der Waals surface area (Å²) in [4.78, 5) is 35.0. The average Bonchev–Trinajstić information content (AvgIpc) is 3.20. The van der Waals surface area contributed by atoms with Crippen molar-refractivity contribution >= 4 is 19.8 Å². The number of hydrogen-bond acceptors (Lipinski definition) is 9. The number of esters is 2. The van der Waals surface area contributed by atoms with E-state index in [0.29, 0.717) is 19.3 Å². The Morgan fingerprint density at radius 2 is 0.930 bits per heavy atom. The number of phosphoric acid groups is 1. The Kier molecular flexibility index (Phi) is 40.5. The van der Waals surface area contributed by atoms with Gasteiger partial charge in [0.25, 0.3) is 0 Å². The second-order valence-corrected chi connectivity index (χ2v) is 16.5. The summed E-state index contributed by atoms with van der Waals surface area (Å²) in [5.41, 5.74) is 0. The van der Waals surface area contributed by atoms with E-state index in [9.17, 15) is 24.2 Å². The molecule has 10 nitrogen and oxygen atoms in total. The highest BCUT2D eigenvalue weighted by atomic mass is 31.2. The van der Waals surface area contributed by atoms with Gasteiger partial charge in [-0.05, 0) is 51.4 Å². The molecule has 0 aliphatic rings. The van der Waals surface area contributed by atoms with Crippen molar-refractivity contribution < 1.29 is 47.8 Å². The van der Waals surface area contributed by atoms with Crippen molar-refractivity contribution in [2.45, 2.75) is 206 Å². The topological polar surface area (TPSA) is 149 Å². The van der Waals surface area contributed by atoms with E-state index in [0.717, 1.165) is 44.9 Å². The Labute approximate surface area is 347 Å². The Morgan fingerprint density at radius 1 is 0.526 bits per heavy atom. The van der Waals surface area contributed by atoms with Gasteiger partial charge in [0.15, 0.2) is 6.10 Å². The summed E-state index contributed by atoms with van der Waals surface area (Å²) < 4.78 is 32.7. The maximum Gasteiger partial charge on any atom is 0.472 e.